The lowest BCUT2D eigenvalue weighted by Gasteiger charge is -2.12. The van der Waals surface area contributed by atoms with Crippen molar-refractivity contribution in [3.63, 3.8) is 0 Å². The summed E-state index contributed by atoms with van der Waals surface area (Å²) in [6.07, 6.45) is 4.88. The van der Waals surface area contributed by atoms with Gasteiger partial charge in [0.1, 0.15) is 0 Å². The summed E-state index contributed by atoms with van der Waals surface area (Å²) in [6, 6.07) is 20.4. The molecule has 6 nitrogen and oxygen atoms in total. The maximum atomic E-state index is 12.8. The lowest BCUT2D eigenvalue weighted by atomic mass is 10.1. The van der Waals surface area contributed by atoms with E-state index in [2.05, 4.69) is 15.9 Å². The van der Waals surface area contributed by atoms with Gasteiger partial charge >= 0.3 is 5.97 Å². The molecule has 1 aliphatic rings. The van der Waals surface area contributed by atoms with Crippen molar-refractivity contribution in [3.8, 4) is 0 Å². The Balaban J connectivity index is 1.41. The number of carbonyl (C=O) groups is 4. The summed E-state index contributed by atoms with van der Waals surface area (Å²) in [6.45, 7) is 0.0675. The van der Waals surface area contributed by atoms with Crippen molar-refractivity contribution in [2.24, 2.45) is 0 Å². The highest BCUT2D eigenvalue weighted by atomic mass is 79.9. The number of carboxylic acid groups (broad SMARTS) is 1. The monoisotopic (exact) mass is 547 g/mol. The van der Waals surface area contributed by atoms with Crippen LogP contribution < -0.4 is 0 Å². The fourth-order valence-electron chi connectivity index (χ4n) is 3.31. The fraction of sp³-hybridized carbons (Fsp3) is 0.0370. The van der Waals surface area contributed by atoms with Crippen LogP contribution in [0.25, 0.3) is 12.2 Å². The maximum absolute atomic E-state index is 12.8. The van der Waals surface area contributed by atoms with E-state index in [0.29, 0.717) is 16.0 Å². The van der Waals surface area contributed by atoms with Gasteiger partial charge in [-0.15, -0.1) is 0 Å². The summed E-state index contributed by atoms with van der Waals surface area (Å²) < 4.78 is 0.904. The number of benzene rings is 3. The van der Waals surface area contributed by atoms with Crippen LogP contribution in [0.2, 0.25) is 0 Å². The predicted octanol–water partition coefficient (Wildman–Crippen LogP) is 6.28. The maximum Gasteiger partial charge on any atom is 0.335 e. The van der Waals surface area contributed by atoms with Crippen molar-refractivity contribution < 1.29 is 24.3 Å². The third-order valence-corrected chi connectivity index (χ3v) is 6.64. The zero-order valence-corrected chi connectivity index (χ0v) is 20.6. The first-order chi connectivity index (χ1) is 16.8. The molecule has 0 atom stereocenters. The van der Waals surface area contributed by atoms with E-state index in [-0.39, 0.29) is 23.1 Å². The predicted molar refractivity (Wildman–Crippen MR) is 139 cm³/mol. The molecule has 3 aromatic carbocycles. The Bertz CT molecular complexity index is 1360. The average Bonchev–Trinajstić information content (AvgIpc) is 3.11. The van der Waals surface area contributed by atoms with Crippen molar-refractivity contribution in [2.45, 2.75) is 6.54 Å². The topological polar surface area (TPSA) is 91.8 Å². The van der Waals surface area contributed by atoms with Crippen molar-refractivity contribution in [1.82, 2.24) is 4.90 Å². The van der Waals surface area contributed by atoms with E-state index in [9.17, 15) is 19.2 Å². The number of thioether (sulfide) groups is 1. The zero-order chi connectivity index (χ0) is 24.9. The molecule has 1 saturated heterocycles. The lowest BCUT2D eigenvalue weighted by Crippen LogP contribution is -2.27. The van der Waals surface area contributed by atoms with E-state index >= 15 is 0 Å². The summed E-state index contributed by atoms with van der Waals surface area (Å²) in [5.41, 5.74) is 2.96. The second kappa shape index (κ2) is 10.7. The largest absolute Gasteiger partial charge is 0.478 e. The number of halogens is 1. The Labute approximate surface area is 214 Å². The molecule has 1 aliphatic heterocycles. The van der Waals surface area contributed by atoms with Crippen molar-refractivity contribution in [3.05, 3.63) is 116 Å². The summed E-state index contributed by atoms with van der Waals surface area (Å²) in [5.74, 6) is -1.54. The number of carboxylic acids is 1. The van der Waals surface area contributed by atoms with Gasteiger partial charge in [0, 0.05) is 10.0 Å². The molecule has 0 bridgehead atoms. The minimum Gasteiger partial charge on any atom is -0.478 e. The smallest absolute Gasteiger partial charge is 0.335 e. The van der Waals surface area contributed by atoms with Crippen LogP contribution in [0.15, 0.2) is 88.3 Å². The standard InChI is InChI=1S/C27H18BrNO5S/c28-22-12-10-20(11-13-22)23(30)14-7-17-1-3-18(4-2-17)15-24-25(31)29(27(34)35-24)16-19-5-8-21(9-6-19)26(32)33/h1-15H,16H2,(H,32,33)/b14-7+,24-15-. The molecule has 35 heavy (non-hydrogen) atoms. The molecule has 0 saturated carbocycles. The number of aromatic carboxylic acids is 1. The van der Waals surface area contributed by atoms with Gasteiger partial charge in [-0.2, -0.15) is 0 Å². The highest BCUT2D eigenvalue weighted by Gasteiger charge is 2.34. The number of hydrogen-bond donors (Lipinski definition) is 1. The Morgan fingerprint density at radius 3 is 2.09 bits per heavy atom. The first-order valence-corrected chi connectivity index (χ1v) is 12.1. The van der Waals surface area contributed by atoms with E-state index in [1.807, 2.05) is 36.4 Å². The molecular formula is C27H18BrNO5S. The van der Waals surface area contributed by atoms with E-state index in [1.54, 1.807) is 36.4 Å². The Kier molecular flexibility index (Phi) is 7.43. The number of ketones is 1. The summed E-state index contributed by atoms with van der Waals surface area (Å²) in [7, 11) is 0. The highest BCUT2D eigenvalue weighted by molar-refractivity contribution is 9.10. The lowest BCUT2D eigenvalue weighted by molar-refractivity contribution is -0.123. The minimum atomic E-state index is -1.04. The van der Waals surface area contributed by atoms with Crippen LogP contribution in [0.4, 0.5) is 4.79 Å². The summed E-state index contributed by atoms with van der Waals surface area (Å²) in [4.78, 5) is 49.9. The quantitative estimate of drug-likeness (QED) is 0.276. The number of rotatable bonds is 7. The van der Waals surface area contributed by atoms with E-state index < -0.39 is 11.9 Å². The molecule has 2 amide bonds. The molecule has 3 aromatic rings. The SMILES string of the molecule is O=C(O)c1ccc(CN2C(=O)S/C(=C\c3ccc(/C=C/C(=O)c4ccc(Br)cc4)cc3)C2=O)cc1. The number of hydrogen-bond acceptors (Lipinski definition) is 5. The van der Waals surface area contributed by atoms with Crippen molar-refractivity contribution in [1.29, 1.82) is 0 Å². The van der Waals surface area contributed by atoms with Gasteiger partial charge in [-0.25, -0.2) is 4.79 Å². The average molecular weight is 548 g/mol. The van der Waals surface area contributed by atoms with Gasteiger partial charge in [0.2, 0.25) is 0 Å². The number of imide groups is 1. The van der Waals surface area contributed by atoms with Gasteiger partial charge in [-0.05, 0) is 77.0 Å². The van der Waals surface area contributed by atoms with Crippen LogP contribution in [-0.2, 0) is 11.3 Å². The fourth-order valence-corrected chi connectivity index (χ4v) is 4.41. The Hall–Kier alpha value is -3.75. The molecule has 0 aromatic heterocycles. The number of allylic oxidation sites excluding steroid dienone is 1. The molecule has 1 N–H and O–H groups in total. The molecule has 0 aliphatic carbocycles. The molecule has 1 fully saturated rings. The molecule has 0 spiro atoms. The third kappa shape index (κ3) is 6.03. The van der Waals surface area contributed by atoms with Crippen LogP contribution in [-0.4, -0.2) is 32.9 Å². The van der Waals surface area contributed by atoms with E-state index in [1.165, 1.54) is 18.2 Å². The normalized spacial score (nSPS) is 14.8. The molecule has 4 rings (SSSR count). The summed E-state index contributed by atoms with van der Waals surface area (Å²) >= 11 is 4.21. The van der Waals surface area contributed by atoms with Gasteiger partial charge in [0.25, 0.3) is 11.1 Å². The molecule has 1 heterocycles. The van der Waals surface area contributed by atoms with Crippen LogP contribution in [0.5, 0.6) is 0 Å². The zero-order valence-electron chi connectivity index (χ0n) is 18.2. The Morgan fingerprint density at radius 2 is 1.46 bits per heavy atom. The second-order valence-electron chi connectivity index (χ2n) is 7.64. The molecular weight excluding hydrogens is 530 g/mol. The number of carbonyl (C=O) groups excluding carboxylic acids is 3. The summed E-state index contributed by atoms with van der Waals surface area (Å²) in [5, 5.41) is 8.62. The number of nitrogens with zero attached hydrogens (tertiary/aromatic N) is 1. The molecule has 0 radical (unpaired) electrons. The number of amides is 2. The van der Waals surface area contributed by atoms with Gasteiger partial charge < -0.3 is 5.11 Å². The highest BCUT2D eigenvalue weighted by Crippen LogP contribution is 2.33. The third-order valence-electron chi connectivity index (χ3n) is 5.21. The van der Waals surface area contributed by atoms with Gasteiger partial charge in [-0.3, -0.25) is 19.3 Å². The molecule has 0 unspecified atom stereocenters. The van der Waals surface area contributed by atoms with Gasteiger partial charge in [0.15, 0.2) is 5.78 Å². The Morgan fingerprint density at radius 1 is 0.857 bits per heavy atom. The molecule has 174 valence electrons. The van der Waals surface area contributed by atoms with Crippen molar-refractivity contribution >= 4 is 62.7 Å². The first kappa shape index (κ1) is 24.4. The van der Waals surface area contributed by atoms with Crippen LogP contribution in [0.3, 0.4) is 0 Å². The van der Waals surface area contributed by atoms with Crippen LogP contribution >= 0.6 is 27.7 Å². The van der Waals surface area contributed by atoms with Crippen LogP contribution in [0, 0.1) is 0 Å². The van der Waals surface area contributed by atoms with Crippen molar-refractivity contribution in [2.75, 3.05) is 0 Å². The van der Waals surface area contributed by atoms with E-state index in [4.69, 9.17) is 5.11 Å². The molecule has 8 heteroatoms. The van der Waals surface area contributed by atoms with E-state index in [0.717, 1.165) is 32.3 Å². The van der Waals surface area contributed by atoms with Gasteiger partial charge in [0.05, 0.1) is 17.0 Å². The van der Waals surface area contributed by atoms with Crippen LogP contribution in [0.1, 0.15) is 37.4 Å². The second-order valence-corrected chi connectivity index (χ2v) is 9.55. The minimum absolute atomic E-state index is 0.0675. The van der Waals surface area contributed by atoms with Gasteiger partial charge in [-0.1, -0.05) is 58.4 Å². The first-order valence-electron chi connectivity index (χ1n) is 10.5.